The maximum absolute atomic E-state index is 13.2. The summed E-state index contributed by atoms with van der Waals surface area (Å²) in [4.78, 5) is 16.0. The Balaban J connectivity index is 1.98. The molecule has 1 aromatic heterocycles. The Bertz CT molecular complexity index is 462. The highest BCUT2D eigenvalue weighted by Gasteiger charge is 2.17. The van der Waals surface area contributed by atoms with E-state index < -0.39 is 5.82 Å². The molecular formula is C14H20FN3O2. The largest absolute Gasteiger partial charge is 0.376 e. The monoisotopic (exact) mass is 281 g/mol. The minimum absolute atomic E-state index is 0.0526. The van der Waals surface area contributed by atoms with E-state index in [2.05, 4.69) is 15.6 Å². The van der Waals surface area contributed by atoms with E-state index in [-0.39, 0.29) is 17.6 Å². The van der Waals surface area contributed by atoms with Gasteiger partial charge in [0.2, 0.25) is 0 Å². The Kier molecular flexibility index (Phi) is 5.29. The van der Waals surface area contributed by atoms with Crippen molar-refractivity contribution in [2.24, 2.45) is 0 Å². The van der Waals surface area contributed by atoms with Gasteiger partial charge in [0.15, 0.2) is 0 Å². The summed E-state index contributed by atoms with van der Waals surface area (Å²) >= 11 is 0. The second-order valence-corrected chi connectivity index (χ2v) is 4.78. The first-order valence-corrected chi connectivity index (χ1v) is 7.00. The predicted octanol–water partition coefficient (Wildman–Crippen LogP) is 1.95. The third kappa shape index (κ3) is 3.90. The molecule has 6 heteroatoms. The van der Waals surface area contributed by atoms with Crippen molar-refractivity contribution in [3.8, 4) is 0 Å². The molecule has 1 aromatic rings. The molecule has 0 radical (unpaired) electrons. The highest BCUT2D eigenvalue weighted by molar-refractivity contribution is 5.98. The van der Waals surface area contributed by atoms with Gasteiger partial charge in [-0.2, -0.15) is 0 Å². The van der Waals surface area contributed by atoms with Crippen LogP contribution in [0.5, 0.6) is 0 Å². The highest BCUT2D eigenvalue weighted by atomic mass is 19.1. The van der Waals surface area contributed by atoms with E-state index >= 15 is 0 Å². The lowest BCUT2D eigenvalue weighted by molar-refractivity contribution is 0.0169. The van der Waals surface area contributed by atoms with Gasteiger partial charge in [0, 0.05) is 19.7 Å². The van der Waals surface area contributed by atoms with Crippen molar-refractivity contribution in [1.82, 2.24) is 10.3 Å². The summed E-state index contributed by atoms with van der Waals surface area (Å²) < 4.78 is 18.8. The molecule has 0 saturated carbocycles. The number of pyridine rings is 1. The molecule has 0 spiro atoms. The van der Waals surface area contributed by atoms with E-state index in [1.807, 2.05) is 6.92 Å². The van der Waals surface area contributed by atoms with Crippen molar-refractivity contribution in [2.75, 3.05) is 25.0 Å². The summed E-state index contributed by atoms with van der Waals surface area (Å²) in [6.07, 6.45) is 4.28. The summed E-state index contributed by atoms with van der Waals surface area (Å²) in [5.41, 5.74) is 0.225. The standard InChI is InChI=1S/C14H20FN3O2/c1-2-16-13-12(7-10(15)8-17-13)14(19)18-9-11-5-3-4-6-20-11/h7-8,11H,2-6,9H2,1H3,(H,16,17)(H,18,19). The summed E-state index contributed by atoms with van der Waals surface area (Å²) in [6, 6.07) is 1.20. The Morgan fingerprint density at radius 3 is 3.10 bits per heavy atom. The summed E-state index contributed by atoms with van der Waals surface area (Å²) in [5.74, 6) is -0.455. The maximum atomic E-state index is 13.2. The van der Waals surface area contributed by atoms with E-state index in [1.165, 1.54) is 6.07 Å². The molecule has 1 amide bonds. The topological polar surface area (TPSA) is 63.2 Å². The number of amides is 1. The molecule has 0 aromatic carbocycles. The number of aromatic nitrogens is 1. The summed E-state index contributed by atoms with van der Waals surface area (Å²) in [5, 5.41) is 5.74. The molecule has 1 aliphatic rings. The fourth-order valence-electron chi connectivity index (χ4n) is 2.19. The Morgan fingerprint density at radius 1 is 1.55 bits per heavy atom. The molecule has 1 aliphatic heterocycles. The predicted molar refractivity (Wildman–Crippen MR) is 74.3 cm³/mol. The van der Waals surface area contributed by atoms with Crippen molar-refractivity contribution >= 4 is 11.7 Å². The number of ether oxygens (including phenoxy) is 1. The number of carbonyl (C=O) groups excluding carboxylic acids is 1. The van der Waals surface area contributed by atoms with E-state index in [9.17, 15) is 9.18 Å². The maximum Gasteiger partial charge on any atom is 0.255 e. The number of hydrogen-bond donors (Lipinski definition) is 2. The number of anilines is 1. The first kappa shape index (κ1) is 14.7. The molecule has 2 heterocycles. The van der Waals surface area contributed by atoms with Crippen molar-refractivity contribution in [3.05, 3.63) is 23.6 Å². The molecule has 20 heavy (non-hydrogen) atoms. The molecule has 2 rings (SSSR count). The van der Waals surface area contributed by atoms with Crippen LogP contribution in [0.1, 0.15) is 36.5 Å². The molecule has 1 unspecified atom stereocenters. The van der Waals surface area contributed by atoms with Gasteiger partial charge in [0.1, 0.15) is 11.6 Å². The zero-order valence-electron chi connectivity index (χ0n) is 11.6. The smallest absolute Gasteiger partial charge is 0.255 e. The van der Waals surface area contributed by atoms with Gasteiger partial charge >= 0.3 is 0 Å². The molecule has 1 saturated heterocycles. The van der Waals surface area contributed by atoms with Gasteiger partial charge in [-0.15, -0.1) is 0 Å². The molecule has 0 aliphatic carbocycles. The first-order chi connectivity index (χ1) is 9.70. The minimum atomic E-state index is -0.522. The zero-order chi connectivity index (χ0) is 14.4. The lowest BCUT2D eigenvalue weighted by atomic mass is 10.1. The third-order valence-corrected chi connectivity index (χ3v) is 3.21. The van der Waals surface area contributed by atoms with Gasteiger partial charge in [0.25, 0.3) is 5.91 Å². The molecule has 110 valence electrons. The highest BCUT2D eigenvalue weighted by Crippen LogP contribution is 2.15. The quantitative estimate of drug-likeness (QED) is 0.866. The summed E-state index contributed by atoms with van der Waals surface area (Å²) in [6.45, 7) is 3.69. The lowest BCUT2D eigenvalue weighted by Crippen LogP contribution is -2.35. The van der Waals surface area contributed by atoms with Crippen LogP contribution in [-0.2, 0) is 4.74 Å². The lowest BCUT2D eigenvalue weighted by Gasteiger charge is -2.22. The van der Waals surface area contributed by atoms with Crippen LogP contribution in [0.4, 0.5) is 10.2 Å². The Hall–Kier alpha value is -1.69. The molecule has 2 N–H and O–H groups in total. The van der Waals surface area contributed by atoms with Crippen LogP contribution < -0.4 is 10.6 Å². The van der Waals surface area contributed by atoms with Crippen LogP contribution in [0.25, 0.3) is 0 Å². The van der Waals surface area contributed by atoms with Crippen LogP contribution >= 0.6 is 0 Å². The first-order valence-electron chi connectivity index (χ1n) is 7.00. The zero-order valence-corrected chi connectivity index (χ0v) is 11.6. The Labute approximate surface area is 117 Å². The van der Waals surface area contributed by atoms with E-state index in [0.29, 0.717) is 18.9 Å². The van der Waals surface area contributed by atoms with Gasteiger partial charge in [-0.05, 0) is 32.3 Å². The van der Waals surface area contributed by atoms with Gasteiger partial charge in [-0.3, -0.25) is 4.79 Å². The van der Waals surface area contributed by atoms with Crippen molar-refractivity contribution in [2.45, 2.75) is 32.3 Å². The number of hydrogen-bond acceptors (Lipinski definition) is 4. The van der Waals surface area contributed by atoms with Crippen LogP contribution in [0.2, 0.25) is 0 Å². The number of halogens is 1. The van der Waals surface area contributed by atoms with Gasteiger partial charge < -0.3 is 15.4 Å². The van der Waals surface area contributed by atoms with Crippen LogP contribution in [0, 0.1) is 5.82 Å². The van der Waals surface area contributed by atoms with Crippen molar-refractivity contribution in [1.29, 1.82) is 0 Å². The molecule has 0 bridgehead atoms. The minimum Gasteiger partial charge on any atom is -0.376 e. The number of carbonyl (C=O) groups is 1. The van der Waals surface area contributed by atoms with Gasteiger partial charge in [-0.1, -0.05) is 0 Å². The normalized spacial score (nSPS) is 18.6. The van der Waals surface area contributed by atoms with Gasteiger partial charge in [0.05, 0.1) is 17.9 Å². The Morgan fingerprint density at radius 2 is 2.40 bits per heavy atom. The van der Waals surface area contributed by atoms with Gasteiger partial charge in [-0.25, -0.2) is 9.37 Å². The number of rotatable bonds is 5. The van der Waals surface area contributed by atoms with E-state index in [4.69, 9.17) is 4.74 Å². The fourth-order valence-corrected chi connectivity index (χ4v) is 2.19. The van der Waals surface area contributed by atoms with Crippen LogP contribution in [0.3, 0.4) is 0 Å². The molecule has 1 atom stereocenters. The molecule has 1 fully saturated rings. The molecule has 5 nitrogen and oxygen atoms in total. The van der Waals surface area contributed by atoms with Crippen LogP contribution in [-0.4, -0.2) is 36.7 Å². The average molecular weight is 281 g/mol. The number of nitrogens with one attached hydrogen (secondary N) is 2. The third-order valence-electron chi connectivity index (χ3n) is 3.21. The average Bonchev–Trinajstić information content (AvgIpc) is 2.48. The fraction of sp³-hybridized carbons (Fsp3) is 0.571. The van der Waals surface area contributed by atoms with E-state index in [0.717, 1.165) is 32.1 Å². The second kappa shape index (κ2) is 7.19. The molecular weight excluding hydrogens is 261 g/mol. The van der Waals surface area contributed by atoms with Crippen molar-refractivity contribution < 1.29 is 13.9 Å². The van der Waals surface area contributed by atoms with Crippen LogP contribution in [0.15, 0.2) is 12.3 Å². The second-order valence-electron chi connectivity index (χ2n) is 4.78. The summed E-state index contributed by atoms with van der Waals surface area (Å²) in [7, 11) is 0. The van der Waals surface area contributed by atoms with Crippen molar-refractivity contribution in [3.63, 3.8) is 0 Å². The SMILES string of the molecule is CCNc1ncc(F)cc1C(=O)NCC1CCCCO1. The number of nitrogens with zero attached hydrogens (tertiary/aromatic N) is 1. The van der Waals surface area contributed by atoms with E-state index in [1.54, 1.807) is 0 Å².